The molecule has 1 aromatic rings. The summed E-state index contributed by atoms with van der Waals surface area (Å²) in [6, 6.07) is 4.86. The van der Waals surface area contributed by atoms with Gasteiger partial charge in [-0.15, -0.1) is 0 Å². The number of rotatable bonds is 5. The summed E-state index contributed by atoms with van der Waals surface area (Å²) in [7, 11) is 5.04. The second-order valence-electron chi connectivity index (χ2n) is 4.75. The van der Waals surface area contributed by atoms with E-state index in [9.17, 15) is 9.59 Å². The van der Waals surface area contributed by atoms with Crippen molar-refractivity contribution in [3.63, 3.8) is 0 Å². The molecular formula is C13H19ClN4O2. The molecular weight excluding hydrogens is 280 g/mol. The number of hydrogen-bond donors (Lipinski definition) is 2. The predicted octanol–water partition coefficient (Wildman–Crippen LogP) is 0.881. The van der Waals surface area contributed by atoms with E-state index in [1.54, 1.807) is 44.2 Å². The first-order valence-corrected chi connectivity index (χ1v) is 6.41. The third-order valence-electron chi connectivity index (χ3n) is 2.58. The van der Waals surface area contributed by atoms with Crippen molar-refractivity contribution in [3.8, 4) is 0 Å². The van der Waals surface area contributed by atoms with Crippen molar-refractivity contribution in [1.29, 1.82) is 0 Å². The predicted molar refractivity (Wildman–Crippen MR) is 80.7 cm³/mol. The van der Waals surface area contributed by atoms with Crippen LogP contribution in [0.1, 0.15) is 0 Å². The maximum atomic E-state index is 11.9. The molecule has 0 aliphatic heterocycles. The molecule has 0 saturated carbocycles. The van der Waals surface area contributed by atoms with Gasteiger partial charge >= 0.3 is 0 Å². The van der Waals surface area contributed by atoms with Gasteiger partial charge < -0.3 is 16.0 Å². The second-order valence-corrected chi connectivity index (χ2v) is 5.16. The quantitative estimate of drug-likeness (QED) is 0.791. The van der Waals surface area contributed by atoms with Crippen LogP contribution < -0.4 is 11.1 Å². The lowest BCUT2D eigenvalue weighted by molar-refractivity contribution is -0.130. The monoisotopic (exact) mass is 298 g/mol. The molecule has 0 saturated heterocycles. The number of anilines is 2. The number of nitrogen functional groups attached to an aromatic ring is 1. The molecule has 0 fully saturated rings. The summed E-state index contributed by atoms with van der Waals surface area (Å²) in [5.74, 6) is -0.325. The molecule has 0 aliphatic rings. The molecule has 0 atom stereocenters. The van der Waals surface area contributed by atoms with Crippen LogP contribution in [0.2, 0.25) is 5.02 Å². The van der Waals surface area contributed by atoms with Gasteiger partial charge in [-0.25, -0.2) is 0 Å². The van der Waals surface area contributed by atoms with Crippen LogP contribution >= 0.6 is 11.6 Å². The summed E-state index contributed by atoms with van der Waals surface area (Å²) >= 11 is 5.96. The van der Waals surface area contributed by atoms with Crippen LogP contribution in [0.25, 0.3) is 0 Å². The molecule has 6 nitrogen and oxygen atoms in total. The van der Waals surface area contributed by atoms with Gasteiger partial charge in [0.25, 0.3) is 0 Å². The van der Waals surface area contributed by atoms with E-state index >= 15 is 0 Å². The van der Waals surface area contributed by atoms with Crippen molar-refractivity contribution in [2.75, 3.05) is 45.3 Å². The summed E-state index contributed by atoms with van der Waals surface area (Å²) < 4.78 is 0. The largest absolute Gasteiger partial charge is 0.399 e. The molecule has 1 aromatic carbocycles. The summed E-state index contributed by atoms with van der Waals surface area (Å²) in [6.07, 6.45) is 0. The number of likely N-dealkylation sites (N-methyl/N-ethyl adjacent to an activating group) is 2. The molecule has 0 heterocycles. The van der Waals surface area contributed by atoms with Gasteiger partial charge in [0.1, 0.15) is 0 Å². The van der Waals surface area contributed by atoms with E-state index in [0.717, 1.165) is 0 Å². The summed E-state index contributed by atoms with van der Waals surface area (Å²) in [5, 5.41) is 3.08. The highest BCUT2D eigenvalue weighted by molar-refractivity contribution is 6.33. The minimum Gasteiger partial charge on any atom is -0.399 e. The molecule has 110 valence electrons. The van der Waals surface area contributed by atoms with Crippen molar-refractivity contribution >= 4 is 34.8 Å². The summed E-state index contributed by atoms with van der Waals surface area (Å²) in [4.78, 5) is 26.5. The molecule has 2 amide bonds. The third-order valence-corrected chi connectivity index (χ3v) is 2.91. The molecule has 7 heteroatoms. The van der Waals surface area contributed by atoms with Gasteiger partial charge in [-0.2, -0.15) is 0 Å². The fourth-order valence-corrected chi connectivity index (χ4v) is 1.67. The first-order chi connectivity index (χ1) is 9.29. The number of nitrogens with zero attached hydrogens (tertiary/aromatic N) is 2. The number of nitrogens with one attached hydrogen (secondary N) is 1. The average molecular weight is 299 g/mol. The zero-order valence-corrected chi connectivity index (χ0v) is 12.6. The van der Waals surface area contributed by atoms with Crippen molar-refractivity contribution in [2.24, 2.45) is 0 Å². The molecule has 0 radical (unpaired) electrons. The molecule has 3 N–H and O–H groups in total. The third kappa shape index (κ3) is 5.07. The van der Waals surface area contributed by atoms with E-state index in [1.807, 2.05) is 0 Å². The molecule has 0 unspecified atom stereocenters. The maximum absolute atomic E-state index is 11.9. The smallest absolute Gasteiger partial charge is 0.238 e. The van der Waals surface area contributed by atoms with E-state index in [-0.39, 0.29) is 24.9 Å². The highest BCUT2D eigenvalue weighted by atomic mass is 35.5. The van der Waals surface area contributed by atoms with Gasteiger partial charge in [-0.05, 0) is 25.2 Å². The lowest BCUT2D eigenvalue weighted by Gasteiger charge is -2.18. The van der Waals surface area contributed by atoms with Crippen molar-refractivity contribution in [2.45, 2.75) is 0 Å². The molecule has 0 spiro atoms. The molecule has 0 aromatic heterocycles. The Kier molecular flexibility index (Phi) is 5.79. The van der Waals surface area contributed by atoms with E-state index in [0.29, 0.717) is 16.4 Å². The van der Waals surface area contributed by atoms with Gasteiger partial charge in [0.2, 0.25) is 11.8 Å². The second kappa shape index (κ2) is 7.12. The number of hydrogen-bond acceptors (Lipinski definition) is 4. The van der Waals surface area contributed by atoms with Gasteiger partial charge in [-0.3, -0.25) is 14.5 Å². The molecule has 0 bridgehead atoms. The lowest BCUT2D eigenvalue weighted by atomic mass is 10.3. The number of amides is 2. The van der Waals surface area contributed by atoms with Gasteiger partial charge in [0.15, 0.2) is 0 Å². The Labute approximate surface area is 123 Å². The normalized spacial score (nSPS) is 10.4. The van der Waals surface area contributed by atoms with Gasteiger partial charge in [-0.1, -0.05) is 11.6 Å². The molecule has 1 rings (SSSR count). The number of carbonyl (C=O) groups is 2. The molecule has 0 aliphatic carbocycles. The van der Waals surface area contributed by atoms with Crippen LogP contribution in [0, 0.1) is 0 Å². The maximum Gasteiger partial charge on any atom is 0.238 e. The number of benzene rings is 1. The Bertz CT molecular complexity index is 505. The number of carbonyl (C=O) groups excluding carboxylic acids is 2. The van der Waals surface area contributed by atoms with Crippen LogP contribution in [0.3, 0.4) is 0 Å². The van der Waals surface area contributed by atoms with Crippen molar-refractivity contribution in [3.05, 3.63) is 23.2 Å². The fourth-order valence-electron chi connectivity index (χ4n) is 1.50. The Morgan fingerprint density at radius 3 is 2.50 bits per heavy atom. The summed E-state index contributed by atoms with van der Waals surface area (Å²) in [6.45, 7) is 0.260. The number of halogens is 1. The lowest BCUT2D eigenvalue weighted by Crippen LogP contribution is -2.38. The van der Waals surface area contributed by atoms with Gasteiger partial charge in [0.05, 0.1) is 23.8 Å². The SMILES string of the molecule is CN(CC(=O)Nc1cc(N)ccc1Cl)CC(=O)N(C)C. The average Bonchev–Trinajstić information content (AvgIpc) is 2.33. The van der Waals surface area contributed by atoms with Crippen LogP contribution in [0.15, 0.2) is 18.2 Å². The van der Waals surface area contributed by atoms with Crippen molar-refractivity contribution < 1.29 is 9.59 Å². The number of nitrogens with two attached hydrogens (primary N) is 1. The van der Waals surface area contributed by atoms with Gasteiger partial charge in [0, 0.05) is 19.8 Å². The Morgan fingerprint density at radius 2 is 1.90 bits per heavy atom. The minimum atomic E-state index is -0.258. The van der Waals surface area contributed by atoms with Crippen molar-refractivity contribution in [1.82, 2.24) is 9.80 Å². The minimum absolute atomic E-state index is 0.0673. The van der Waals surface area contributed by atoms with E-state index in [2.05, 4.69) is 5.32 Å². The Hall–Kier alpha value is -1.79. The van der Waals surface area contributed by atoms with E-state index < -0.39 is 0 Å². The standard InChI is InChI=1S/C13H19ClN4O2/c1-17(2)13(20)8-18(3)7-12(19)16-11-6-9(15)4-5-10(11)14/h4-6H,7-8,15H2,1-3H3,(H,16,19). The zero-order chi connectivity index (χ0) is 15.3. The summed E-state index contributed by atoms with van der Waals surface area (Å²) in [5.41, 5.74) is 6.61. The van der Waals surface area contributed by atoms with E-state index in [4.69, 9.17) is 17.3 Å². The van der Waals surface area contributed by atoms with Crippen LogP contribution in [-0.4, -0.2) is 55.8 Å². The highest BCUT2D eigenvalue weighted by Gasteiger charge is 2.13. The van der Waals surface area contributed by atoms with Crippen LogP contribution in [-0.2, 0) is 9.59 Å². The zero-order valence-electron chi connectivity index (χ0n) is 11.8. The topological polar surface area (TPSA) is 78.7 Å². The first kappa shape index (κ1) is 16.3. The first-order valence-electron chi connectivity index (χ1n) is 6.03. The van der Waals surface area contributed by atoms with Crippen LogP contribution in [0.4, 0.5) is 11.4 Å². The highest BCUT2D eigenvalue weighted by Crippen LogP contribution is 2.23. The fraction of sp³-hybridized carbons (Fsp3) is 0.385. The van der Waals surface area contributed by atoms with E-state index in [1.165, 1.54) is 4.90 Å². The Morgan fingerprint density at radius 1 is 1.25 bits per heavy atom. The molecule has 20 heavy (non-hydrogen) atoms. The Balaban J connectivity index is 2.55. The van der Waals surface area contributed by atoms with Crippen LogP contribution in [0.5, 0.6) is 0 Å².